The second-order valence-corrected chi connectivity index (χ2v) is 6.38. The van der Waals surface area contributed by atoms with Crippen molar-refractivity contribution in [2.24, 2.45) is 0 Å². The smallest absolute Gasteiger partial charge is 0.260 e. The zero-order valence-corrected chi connectivity index (χ0v) is 11.3. The van der Waals surface area contributed by atoms with Crippen LogP contribution in [0.2, 0.25) is 0 Å². The Bertz CT molecular complexity index is 200. The Kier molecular flexibility index (Phi) is 7.45. The molecule has 0 aliphatic heterocycles. The molecule has 0 saturated heterocycles. The average molecular weight is 238 g/mol. The molecular formula is C10H23O4P. The Labute approximate surface area is 92.7 Å². The number of rotatable bonds is 8. The lowest BCUT2D eigenvalue weighted by atomic mass is 10.6. The highest BCUT2D eigenvalue weighted by molar-refractivity contribution is 7.60. The fourth-order valence-corrected chi connectivity index (χ4v) is 3.22. The predicted octanol–water partition coefficient (Wildman–Crippen LogP) is 3.07. The minimum Gasteiger partial charge on any atom is -0.345 e. The van der Waals surface area contributed by atoms with E-state index < -0.39 is 13.4 Å². The second kappa shape index (κ2) is 7.39. The normalized spacial score (nSPS) is 15.9. The summed E-state index contributed by atoms with van der Waals surface area (Å²) in [6.45, 7) is 10.6. The van der Waals surface area contributed by atoms with E-state index in [-0.39, 0.29) is 5.66 Å². The van der Waals surface area contributed by atoms with Gasteiger partial charge in [0.15, 0.2) is 0 Å². The van der Waals surface area contributed by atoms with Crippen LogP contribution in [0.1, 0.15) is 34.6 Å². The molecule has 1 unspecified atom stereocenters. The van der Waals surface area contributed by atoms with Crippen LogP contribution in [0.5, 0.6) is 0 Å². The van der Waals surface area contributed by atoms with Crippen molar-refractivity contribution in [1.82, 2.24) is 0 Å². The van der Waals surface area contributed by atoms with Gasteiger partial charge in [-0.15, -0.1) is 0 Å². The van der Waals surface area contributed by atoms with Gasteiger partial charge < -0.3 is 14.0 Å². The summed E-state index contributed by atoms with van der Waals surface area (Å²) in [5.74, 6) is 0. The van der Waals surface area contributed by atoms with E-state index in [0.29, 0.717) is 19.8 Å². The Morgan fingerprint density at radius 2 is 1.47 bits per heavy atom. The predicted molar refractivity (Wildman–Crippen MR) is 61.4 cm³/mol. The summed E-state index contributed by atoms with van der Waals surface area (Å²) in [4.78, 5) is 0. The Hall–Kier alpha value is 0.110. The maximum atomic E-state index is 12.5. The van der Waals surface area contributed by atoms with Gasteiger partial charge in [-0.3, -0.25) is 4.57 Å². The topological polar surface area (TPSA) is 44.8 Å². The van der Waals surface area contributed by atoms with E-state index >= 15 is 0 Å². The van der Waals surface area contributed by atoms with E-state index in [1.807, 2.05) is 34.6 Å². The molecule has 0 N–H and O–H groups in total. The summed E-state index contributed by atoms with van der Waals surface area (Å²) in [7, 11) is -2.88. The maximum Gasteiger partial charge on any atom is 0.260 e. The summed E-state index contributed by atoms with van der Waals surface area (Å²) >= 11 is 0. The fraction of sp³-hybridized carbons (Fsp3) is 1.00. The summed E-state index contributed by atoms with van der Waals surface area (Å²) < 4.78 is 28.6. The van der Waals surface area contributed by atoms with Crippen LogP contribution >= 0.6 is 7.37 Å². The molecule has 0 amide bonds. The third-order valence-electron chi connectivity index (χ3n) is 1.96. The number of ether oxygens (including phenoxy) is 2. The van der Waals surface area contributed by atoms with Crippen molar-refractivity contribution in [3.8, 4) is 0 Å². The Morgan fingerprint density at radius 3 is 1.73 bits per heavy atom. The maximum absolute atomic E-state index is 12.5. The third-order valence-corrected chi connectivity index (χ3v) is 4.95. The zero-order valence-electron chi connectivity index (χ0n) is 10.4. The molecule has 0 bridgehead atoms. The number of hydrogen-bond acceptors (Lipinski definition) is 4. The molecule has 15 heavy (non-hydrogen) atoms. The van der Waals surface area contributed by atoms with Crippen LogP contribution in [0.15, 0.2) is 0 Å². The highest BCUT2D eigenvalue weighted by Crippen LogP contribution is 2.56. The van der Waals surface area contributed by atoms with Gasteiger partial charge in [0, 0.05) is 18.9 Å². The molecule has 0 aromatic carbocycles. The van der Waals surface area contributed by atoms with E-state index in [4.69, 9.17) is 14.0 Å². The first-order valence-electron chi connectivity index (χ1n) is 5.49. The molecule has 0 spiro atoms. The largest absolute Gasteiger partial charge is 0.345 e. The molecule has 0 aliphatic rings. The summed E-state index contributed by atoms with van der Waals surface area (Å²) in [6, 6.07) is -0.729. The molecule has 0 saturated carbocycles. The van der Waals surface area contributed by atoms with Crippen LogP contribution in [0.4, 0.5) is 0 Å². The van der Waals surface area contributed by atoms with Crippen molar-refractivity contribution in [3.63, 3.8) is 0 Å². The molecule has 0 aromatic rings. The lowest BCUT2D eigenvalue weighted by Gasteiger charge is -2.29. The Balaban J connectivity index is 4.73. The highest BCUT2D eigenvalue weighted by Gasteiger charge is 2.38. The first-order valence-corrected chi connectivity index (χ1v) is 7.26. The molecule has 0 aromatic heterocycles. The molecule has 0 fully saturated rings. The van der Waals surface area contributed by atoms with Crippen molar-refractivity contribution in [2.45, 2.75) is 46.3 Å². The molecule has 1 atom stereocenters. The lowest BCUT2D eigenvalue weighted by Crippen LogP contribution is -2.23. The van der Waals surface area contributed by atoms with Crippen LogP contribution in [0, 0.1) is 0 Å². The quantitative estimate of drug-likeness (QED) is 0.481. The van der Waals surface area contributed by atoms with E-state index in [1.54, 1.807) is 0 Å². The van der Waals surface area contributed by atoms with Gasteiger partial charge >= 0.3 is 0 Å². The fourth-order valence-electron chi connectivity index (χ4n) is 1.20. The van der Waals surface area contributed by atoms with Gasteiger partial charge in [-0.2, -0.15) is 0 Å². The molecule has 0 aliphatic carbocycles. The molecule has 92 valence electrons. The summed E-state index contributed by atoms with van der Waals surface area (Å²) in [5.41, 5.74) is -0.0967. The van der Waals surface area contributed by atoms with Gasteiger partial charge in [0.05, 0.1) is 6.61 Å². The van der Waals surface area contributed by atoms with Crippen LogP contribution in [0.25, 0.3) is 0 Å². The van der Waals surface area contributed by atoms with Crippen molar-refractivity contribution in [1.29, 1.82) is 0 Å². The van der Waals surface area contributed by atoms with E-state index in [0.717, 1.165) is 0 Å². The van der Waals surface area contributed by atoms with E-state index in [9.17, 15) is 4.57 Å². The van der Waals surface area contributed by atoms with Crippen LogP contribution in [0.3, 0.4) is 0 Å². The lowest BCUT2D eigenvalue weighted by molar-refractivity contribution is -0.0894. The summed E-state index contributed by atoms with van der Waals surface area (Å²) in [5, 5.41) is 0. The minimum absolute atomic E-state index is 0.0967. The standard InChI is InChI=1S/C10H23O4P/c1-6-12-10(13-7-2)15(11,9(4)5)14-8-3/h9-10H,6-8H2,1-5H3. The van der Waals surface area contributed by atoms with Crippen molar-refractivity contribution in [3.05, 3.63) is 0 Å². The molecular weight excluding hydrogens is 215 g/mol. The van der Waals surface area contributed by atoms with Gasteiger partial charge in [0.1, 0.15) is 0 Å². The van der Waals surface area contributed by atoms with Gasteiger partial charge in [-0.1, -0.05) is 13.8 Å². The zero-order chi connectivity index (χ0) is 11.9. The molecule has 4 nitrogen and oxygen atoms in total. The number of hydrogen-bond donors (Lipinski definition) is 0. The van der Waals surface area contributed by atoms with E-state index in [1.165, 1.54) is 0 Å². The van der Waals surface area contributed by atoms with Gasteiger partial charge in [0.25, 0.3) is 7.37 Å². The van der Waals surface area contributed by atoms with E-state index in [2.05, 4.69) is 0 Å². The monoisotopic (exact) mass is 238 g/mol. The SMILES string of the molecule is CCOC(OCC)P(=O)(OCC)C(C)C. The van der Waals surface area contributed by atoms with Gasteiger partial charge in [-0.05, 0) is 20.8 Å². The second-order valence-electron chi connectivity index (χ2n) is 3.37. The van der Waals surface area contributed by atoms with Gasteiger partial charge in [-0.25, -0.2) is 0 Å². The molecule has 5 heteroatoms. The average Bonchev–Trinajstić information content (AvgIpc) is 2.17. The summed E-state index contributed by atoms with van der Waals surface area (Å²) in [6.07, 6.45) is 0. The first-order chi connectivity index (χ1) is 7.02. The highest BCUT2D eigenvalue weighted by atomic mass is 31.2. The van der Waals surface area contributed by atoms with Crippen molar-refractivity contribution in [2.75, 3.05) is 19.8 Å². The third kappa shape index (κ3) is 4.23. The van der Waals surface area contributed by atoms with Crippen LogP contribution < -0.4 is 0 Å². The molecule has 0 heterocycles. The van der Waals surface area contributed by atoms with Crippen LogP contribution in [-0.4, -0.2) is 31.5 Å². The minimum atomic E-state index is -2.88. The molecule has 0 radical (unpaired) electrons. The van der Waals surface area contributed by atoms with Crippen molar-refractivity contribution >= 4 is 7.37 Å². The first kappa shape index (κ1) is 15.1. The van der Waals surface area contributed by atoms with Gasteiger partial charge in [0.2, 0.25) is 6.03 Å². The molecule has 0 rings (SSSR count). The Morgan fingerprint density at radius 1 is 1.00 bits per heavy atom. The van der Waals surface area contributed by atoms with Crippen LogP contribution in [-0.2, 0) is 18.6 Å². The van der Waals surface area contributed by atoms with Crippen molar-refractivity contribution < 1.29 is 18.6 Å².